The first-order valence-electron chi connectivity index (χ1n) is 13.7. The molecule has 1 N–H and O–H groups in total. The Morgan fingerprint density at radius 2 is 1.55 bits per heavy atom. The van der Waals surface area contributed by atoms with E-state index in [0.29, 0.717) is 30.8 Å². The van der Waals surface area contributed by atoms with Crippen LogP contribution in [0.5, 0.6) is 0 Å². The molecular weight excluding hydrogens is 578 g/mol. The fourth-order valence-corrected chi connectivity index (χ4v) is 5.11. The van der Waals surface area contributed by atoms with Crippen LogP contribution in [-0.4, -0.2) is 52.4 Å². The van der Waals surface area contributed by atoms with Crippen molar-refractivity contribution in [2.24, 2.45) is 0 Å². The standard InChI is InChI=1S/C33H27F4N3O4/c34-24-6-4-5-21(14-24)19-40-20-22(13-23-16-25(35)17-28(36)31(23)37)15-27(32(40)43)29(41)18-30(42)33(44)39-11-9-38(10-12-39)26-7-2-1-3-8-26/h1-8,14-18,20,41H,9-13,19H2/b29-18-. The molecule has 1 aromatic heterocycles. The number of hydrogen-bond acceptors (Lipinski definition) is 5. The summed E-state index contributed by atoms with van der Waals surface area (Å²) in [4.78, 5) is 42.6. The Morgan fingerprint density at radius 3 is 2.25 bits per heavy atom. The Hall–Kier alpha value is -5.19. The number of carbonyl (C=O) groups excluding carboxylic acids is 2. The molecule has 11 heteroatoms. The molecule has 44 heavy (non-hydrogen) atoms. The van der Waals surface area contributed by atoms with E-state index >= 15 is 0 Å². The van der Waals surface area contributed by atoms with E-state index in [1.54, 1.807) is 6.07 Å². The van der Waals surface area contributed by atoms with Crippen molar-refractivity contribution < 1.29 is 32.3 Å². The average Bonchev–Trinajstić information content (AvgIpc) is 3.01. The number of carbonyl (C=O) groups is 2. The van der Waals surface area contributed by atoms with E-state index in [4.69, 9.17) is 0 Å². The quantitative estimate of drug-likeness (QED) is 0.102. The molecule has 0 aliphatic carbocycles. The van der Waals surface area contributed by atoms with Crippen molar-refractivity contribution in [1.29, 1.82) is 0 Å². The van der Waals surface area contributed by atoms with Gasteiger partial charge in [-0.3, -0.25) is 14.4 Å². The Labute approximate surface area is 249 Å². The molecular formula is C33H27F4N3O4. The molecule has 0 unspecified atom stereocenters. The lowest BCUT2D eigenvalue weighted by Crippen LogP contribution is -2.50. The van der Waals surface area contributed by atoms with Gasteiger partial charge in [0.05, 0.1) is 12.1 Å². The van der Waals surface area contributed by atoms with Crippen molar-refractivity contribution in [2.75, 3.05) is 31.1 Å². The number of para-hydroxylation sites is 1. The molecule has 0 spiro atoms. The minimum Gasteiger partial charge on any atom is -0.507 e. The van der Waals surface area contributed by atoms with Gasteiger partial charge < -0.3 is 19.5 Å². The van der Waals surface area contributed by atoms with Crippen molar-refractivity contribution in [1.82, 2.24) is 9.47 Å². The van der Waals surface area contributed by atoms with Crippen molar-refractivity contribution in [2.45, 2.75) is 13.0 Å². The highest BCUT2D eigenvalue weighted by Crippen LogP contribution is 2.21. The van der Waals surface area contributed by atoms with Crippen LogP contribution in [0.2, 0.25) is 0 Å². The number of aromatic nitrogens is 1. The average molecular weight is 606 g/mol. The van der Waals surface area contributed by atoms with Crippen LogP contribution in [0.3, 0.4) is 0 Å². The first-order chi connectivity index (χ1) is 21.1. The maximum Gasteiger partial charge on any atom is 0.294 e. The van der Waals surface area contributed by atoms with Crippen molar-refractivity contribution in [3.05, 3.63) is 141 Å². The second kappa shape index (κ2) is 13.0. The van der Waals surface area contributed by atoms with Gasteiger partial charge in [-0.15, -0.1) is 0 Å². The first-order valence-corrected chi connectivity index (χ1v) is 13.7. The van der Waals surface area contributed by atoms with Gasteiger partial charge in [-0.1, -0.05) is 30.3 Å². The Balaban J connectivity index is 1.42. The number of rotatable bonds is 8. The van der Waals surface area contributed by atoms with Crippen LogP contribution in [0.1, 0.15) is 22.3 Å². The van der Waals surface area contributed by atoms with Gasteiger partial charge in [-0.25, -0.2) is 17.6 Å². The molecule has 4 aromatic rings. The Bertz CT molecular complexity index is 1800. The van der Waals surface area contributed by atoms with Gasteiger partial charge in [0.1, 0.15) is 17.4 Å². The SMILES string of the molecule is O=C(/C=C(\O)c1cc(Cc2cc(F)cc(F)c2F)cn(Cc2cccc(F)c2)c1=O)C(=O)N1CCN(c2ccccc2)CC1. The molecule has 1 saturated heterocycles. The van der Waals surface area contributed by atoms with E-state index in [2.05, 4.69) is 4.90 Å². The lowest BCUT2D eigenvalue weighted by molar-refractivity contribution is -0.142. The molecule has 7 nitrogen and oxygen atoms in total. The zero-order valence-corrected chi connectivity index (χ0v) is 23.4. The van der Waals surface area contributed by atoms with Gasteiger partial charge in [0.15, 0.2) is 11.6 Å². The highest BCUT2D eigenvalue weighted by molar-refractivity contribution is 6.41. The molecule has 0 bridgehead atoms. The lowest BCUT2D eigenvalue weighted by atomic mass is 10.0. The molecule has 0 saturated carbocycles. The van der Waals surface area contributed by atoms with E-state index < -0.39 is 51.8 Å². The largest absolute Gasteiger partial charge is 0.507 e. The number of nitrogens with zero attached hydrogens (tertiary/aromatic N) is 3. The second-order valence-electron chi connectivity index (χ2n) is 10.4. The van der Waals surface area contributed by atoms with Gasteiger partial charge in [-0.05, 0) is 53.1 Å². The molecule has 0 atom stereocenters. The van der Waals surface area contributed by atoms with Crippen LogP contribution < -0.4 is 10.5 Å². The number of hydrogen-bond donors (Lipinski definition) is 1. The van der Waals surface area contributed by atoms with Crippen LogP contribution in [0.25, 0.3) is 5.76 Å². The minimum atomic E-state index is -1.40. The fourth-order valence-electron chi connectivity index (χ4n) is 5.11. The third kappa shape index (κ3) is 6.88. The van der Waals surface area contributed by atoms with Gasteiger partial charge >= 0.3 is 0 Å². The molecule has 1 aliphatic heterocycles. The molecule has 5 rings (SSSR count). The molecule has 3 aromatic carbocycles. The normalized spacial score (nSPS) is 13.7. The van der Waals surface area contributed by atoms with E-state index in [9.17, 15) is 37.1 Å². The number of piperazine rings is 1. The fraction of sp³-hybridized carbons (Fsp3) is 0.182. The van der Waals surface area contributed by atoms with Crippen LogP contribution >= 0.6 is 0 Å². The maximum absolute atomic E-state index is 14.5. The summed E-state index contributed by atoms with van der Waals surface area (Å²) in [5.41, 5.74) is -0.0497. The van der Waals surface area contributed by atoms with E-state index in [-0.39, 0.29) is 37.2 Å². The number of pyridine rings is 1. The Morgan fingerprint density at radius 1 is 0.818 bits per heavy atom. The predicted molar refractivity (Wildman–Crippen MR) is 156 cm³/mol. The lowest BCUT2D eigenvalue weighted by Gasteiger charge is -2.35. The summed E-state index contributed by atoms with van der Waals surface area (Å²) in [6, 6.07) is 17.3. The van der Waals surface area contributed by atoms with Crippen LogP contribution in [0.15, 0.2) is 89.9 Å². The number of halogens is 4. The maximum atomic E-state index is 14.5. The zero-order chi connectivity index (χ0) is 31.4. The summed E-state index contributed by atoms with van der Waals surface area (Å²) in [5, 5.41) is 10.9. The first kappa shape index (κ1) is 30.3. The summed E-state index contributed by atoms with van der Waals surface area (Å²) in [6.07, 6.45) is 1.54. The van der Waals surface area contributed by atoms with Gasteiger partial charge in [-0.2, -0.15) is 0 Å². The smallest absolute Gasteiger partial charge is 0.294 e. The van der Waals surface area contributed by atoms with E-state index in [0.717, 1.165) is 22.4 Å². The summed E-state index contributed by atoms with van der Waals surface area (Å²) >= 11 is 0. The van der Waals surface area contributed by atoms with Crippen LogP contribution in [0.4, 0.5) is 23.2 Å². The van der Waals surface area contributed by atoms with Crippen molar-refractivity contribution in [3.63, 3.8) is 0 Å². The number of amides is 1. The molecule has 0 radical (unpaired) electrons. The molecule has 1 amide bonds. The van der Waals surface area contributed by atoms with Crippen molar-refractivity contribution >= 4 is 23.1 Å². The summed E-state index contributed by atoms with van der Waals surface area (Å²) < 4.78 is 57.1. The molecule has 2 heterocycles. The number of aliphatic hydroxyl groups is 1. The molecule has 226 valence electrons. The minimum absolute atomic E-state index is 0.149. The second-order valence-corrected chi connectivity index (χ2v) is 10.4. The molecule has 1 aliphatic rings. The highest BCUT2D eigenvalue weighted by atomic mass is 19.2. The summed E-state index contributed by atoms with van der Waals surface area (Å²) in [5.74, 6) is -7.00. The molecule has 1 fully saturated rings. The third-order valence-corrected chi connectivity index (χ3v) is 7.29. The van der Waals surface area contributed by atoms with E-state index in [1.165, 1.54) is 29.3 Å². The highest BCUT2D eigenvalue weighted by Gasteiger charge is 2.26. The van der Waals surface area contributed by atoms with Crippen molar-refractivity contribution in [3.8, 4) is 0 Å². The monoisotopic (exact) mass is 605 g/mol. The zero-order valence-electron chi connectivity index (χ0n) is 23.4. The summed E-state index contributed by atoms with van der Waals surface area (Å²) in [7, 11) is 0. The predicted octanol–water partition coefficient (Wildman–Crippen LogP) is 4.86. The summed E-state index contributed by atoms with van der Waals surface area (Å²) in [6.45, 7) is 1.33. The van der Waals surface area contributed by atoms with Gasteiger partial charge in [0.25, 0.3) is 11.5 Å². The van der Waals surface area contributed by atoms with Crippen LogP contribution in [-0.2, 0) is 22.6 Å². The topological polar surface area (TPSA) is 82.8 Å². The Kier molecular flexibility index (Phi) is 8.94. The number of aliphatic hydroxyl groups excluding tert-OH is 1. The number of anilines is 1. The van der Waals surface area contributed by atoms with Gasteiger partial charge in [0, 0.05) is 56.6 Å². The van der Waals surface area contributed by atoms with Crippen LogP contribution in [0, 0.1) is 23.3 Å². The van der Waals surface area contributed by atoms with E-state index in [1.807, 2.05) is 30.3 Å². The number of ketones is 1. The number of benzene rings is 3. The third-order valence-electron chi connectivity index (χ3n) is 7.29. The van der Waals surface area contributed by atoms with Gasteiger partial charge in [0.2, 0.25) is 5.78 Å².